The van der Waals surface area contributed by atoms with E-state index in [0.29, 0.717) is 16.3 Å². The number of ketones is 2. The maximum atomic E-state index is 12.9. The first kappa shape index (κ1) is 13.9. The van der Waals surface area contributed by atoms with Crippen LogP contribution in [-0.2, 0) is 0 Å². The number of rotatable bonds is 0. The molecule has 1 aliphatic rings. The topological polar surface area (TPSA) is 67.3 Å². The van der Waals surface area contributed by atoms with Crippen molar-refractivity contribution in [1.29, 1.82) is 0 Å². The second-order valence-electron chi connectivity index (χ2n) is 5.51. The lowest BCUT2D eigenvalue weighted by molar-refractivity contribution is 0.0976. The molecular formula is C18H10ClNO3. The first-order valence-corrected chi connectivity index (χ1v) is 7.37. The van der Waals surface area contributed by atoms with Crippen molar-refractivity contribution in [1.82, 2.24) is 4.98 Å². The number of phenols is 1. The average molecular weight is 324 g/mol. The van der Waals surface area contributed by atoms with Crippen molar-refractivity contribution < 1.29 is 14.7 Å². The number of aryl methyl sites for hydroxylation is 1. The van der Waals surface area contributed by atoms with E-state index < -0.39 is 11.6 Å². The predicted molar refractivity (Wildman–Crippen MR) is 86.5 cm³/mol. The Kier molecular flexibility index (Phi) is 2.80. The Hall–Kier alpha value is -2.72. The lowest BCUT2D eigenvalue weighted by Gasteiger charge is -2.21. The zero-order valence-electron chi connectivity index (χ0n) is 12.1. The molecule has 1 aliphatic carbocycles. The van der Waals surface area contributed by atoms with Crippen LogP contribution in [0.15, 0.2) is 36.5 Å². The van der Waals surface area contributed by atoms with E-state index in [1.54, 1.807) is 37.3 Å². The molecule has 0 aliphatic heterocycles. The number of nitrogens with zero attached hydrogens (tertiary/aromatic N) is 1. The number of hydrogen-bond acceptors (Lipinski definition) is 4. The largest absolute Gasteiger partial charge is 0.507 e. The zero-order valence-corrected chi connectivity index (χ0v) is 12.8. The molecule has 0 saturated carbocycles. The molecule has 0 atom stereocenters. The minimum Gasteiger partial charge on any atom is -0.507 e. The summed E-state index contributed by atoms with van der Waals surface area (Å²) in [7, 11) is 0. The van der Waals surface area contributed by atoms with Gasteiger partial charge in [0.05, 0.1) is 11.1 Å². The Morgan fingerprint density at radius 2 is 1.78 bits per heavy atom. The van der Waals surface area contributed by atoms with Gasteiger partial charge in [0.1, 0.15) is 10.9 Å². The molecule has 3 aromatic rings. The molecule has 0 spiro atoms. The molecule has 1 heterocycles. The number of phenolic OH excluding ortho intramolecular Hbond substituents is 1. The summed E-state index contributed by atoms with van der Waals surface area (Å²) in [4.78, 5) is 29.7. The van der Waals surface area contributed by atoms with Crippen LogP contribution in [-0.4, -0.2) is 21.7 Å². The van der Waals surface area contributed by atoms with Gasteiger partial charge < -0.3 is 5.11 Å². The van der Waals surface area contributed by atoms with Crippen molar-refractivity contribution in [3.05, 3.63) is 69.5 Å². The van der Waals surface area contributed by atoms with E-state index in [1.807, 2.05) is 0 Å². The van der Waals surface area contributed by atoms with Gasteiger partial charge in [-0.25, -0.2) is 4.98 Å². The second kappa shape index (κ2) is 4.64. The number of aromatic hydroxyl groups is 1. The fourth-order valence-corrected chi connectivity index (χ4v) is 3.31. The van der Waals surface area contributed by atoms with Crippen molar-refractivity contribution in [3.8, 4) is 5.75 Å². The van der Waals surface area contributed by atoms with Gasteiger partial charge in [-0.2, -0.15) is 0 Å². The van der Waals surface area contributed by atoms with Gasteiger partial charge in [0.25, 0.3) is 0 Å². The van der Waals surface area contributed by atoms with E-state index in [1.165, 1.54) is 6.20 Å². The second-order valence-corrected chi connectivity index (χ2v) is 5.87. The first-order valence-electron chi connectivity index (χ1n) is 7.00. The fourth-order valence-electron chi connectivity index (χ4n) is 3.08. The summed E-state index contributed by atoms with van der Waals surface area (Å²) in [5.74, 6) is -0.967. The van der Waals surface area contributed by atoms with Gasteiger partial charge >= 0.3 is 0 Å². The molecule has 0 unspecified atom stereocenters. The highest BCUT2D eigenvalue weighted by molar-refractivity contribution is 6.39. The smallest absolute Gasteiger partial charge is 0.198 e. The van der Waals surface area contributed by atoms with Crippen LogP contribution in [0.5, 0.6) is 5.75 Å². The lowest BCUT2D eigenvalue weighted by atomic mass is 9.81. The third kappa shape index (κ3) is 1.75. The predicted octanol–water partition coefficient (Wildman–Crippen LogP) is 3.68. The number of aromatic nitrogens is 1. The van der Waals surface area contributed by atoms with Crippen LogP contribution in [0.1, 0.15) is 37.4 Å². The Morgan fingerprint density at radius 1 is 1.04 bits per heavy atom. The van der Waals surface area contributed by atoms with E-state index in [0.717, 1.165) is 0 Å². The Morgan fingerprint density at radius 3 is 2.57 bits per heavy atom. The van der Waals surface area contributed by atoms with Gasteiger partial charge in [0, 0.05) is 22.7 Å². The summed E-state index contributed by atoms with van der Waals surface area (Å²) >= 11 is 6.05. The van der Waals surface area contributed by atoms with Gasteiger partial charge in [-0.1, -0.05) is 35.9 Å². The van der Waals surface area contributed by atoms with Gasteiger partial charge in [0.15, 0.2) is 11.6 Å². The van der Waals surface area contributed by atoms with Crippen LogP contribution in [0.25, 0.3) is 10.8 Å². The molecule has 2 aromatic carbocycles. The van der Waals surface area contributed by atoms with E-state index >= 15 is 0 Å². The first-order chi connectivity index (χ1) is 11.0. The molecular weight excluding hydrogens is 314 g/mol. The number of hydrogen-bond donors (Lipinski definition) is 1. The molecule has 112 valence electrons. The molecule has 0 bridgehead atoms. The third-order valence-electron chi connectivity index (χ3n) is 4.17. The summed E-state index contributed by atoms with van der Waals surface area (Å²) in [5, 5.41) is 11.8. The van der Waals surface area contributed by atoms with E-state index in [2.05, 4.69) is 4.98 Å². The maximum absolute atomic E-state index is 12.9. The standard InChI is InChI=1S/C18H10ClNO3/c1-8-7-20-18(19)14-12(8)17(23)13-11(16(14)22)6-9-4-2-3-5-10(9)15(13)21/h2-7,21H,1H3. The zero-order chi connectivity index (χ0) is 16.3. The van der Waals surface area contributed by atoms with E-state index in [4.69, 9.17) is 11.6 Å². The van der Waals surface area contributed by atoms with Crippen molar-refractivity contribution >= 4 is 33.9 Å². The van der Waals surface area contributed by atoms with Crippen molar-refractivity contribution in [2.75, 3.05) is 0 Å². The summed E-state index contributed by atoms with van der Waals surface area (Å²) in [6.07, 6.45) is 1.45. The SMILES string of the molecule is Cc1cnc(Cl)c2c1C(=O)c1c(cc3ccccc3c1O)C2=O. The average Bonchev–Trinajstić information content (AvgIpc) is 2.54. The number of halogens is 1. The van der Waals surface area contributed by atoms with Gasteiger partial charge in [-0.3, -0.25) is 9.59 Å². The van der Waals surface area contributed by atoms with E-state index in [9.17, 15) is 14.7 Å². The van der Waals surface area contributed by atoms with Crippen molar-refractivity contribution in [2.24, 2.45) is 0 Å². The molecule has 23 heavy (non-hydrogen) atoms. The highest BCUT2D eigenvalue weighted by Crippen LogP contribution is 2.40. The summed E-state index contributed by atoms with van der Waals surface area (Å²) in [6.45, 7) is 1.69. The minimum absolute atomic E-state index is 0.00208. The van der Waals surface area contributed by atoms with Crippen LogP contribution in [0.4, 0.5) is 0 Å². The Bertz CT molecular complexity index is 1040. The van der Waals surface area contributed by atoms with Crippen LogP contribution in [0.3, 0.4) is 0 Å². The molecule has 0 saturated heterocycles. The molecule has 0 radical (unpaired) electrons. The molecule has 4 nitrogen and oxygen atoms in total. The van der Waals surface area contributed by atoms with Gasteiger partial charge in [-0.05, 0) is 23.9 Å². The fraction of sp³-hybridized carbons (Fsp3) is 0.0556. The van der Waals surface area contributed by atoms with E-state index in [-0.39, 0.29) is 33.2 Å². The van der Waals surface area contributed by atoms with Gasteiger partial charge in [0.2, 0.25) is 0 Å². The molecule has 5 heteroatoms. The number of carbonyl (C=O) groups is 2. The van der Waals surface area contributed by atoms with Gasteiger partial charge in [-0.15, -0.1) is 0 Å². The monoisotopic (exact) mass is 323 g/mol. The highest BCUT2D eigenvalue weighted by atomic mass is 35.5. The quantitative estimate of drug-likeness (QED) is 0.501. The summed E-state index contributed by atoms with van der Waals surface area (Å²) in [5.41, 5.74) is 1.08. The van der Waals surface area contributed by atoms with Crippen molar-refractivity contribution in [2.45, 2.75) is 6.92 Å². The number of pyridine rings is 1. The normalized spacial score (nSPS) is 13.1. The minimum atomic E-state index is -0.403. The van der Waals surface area contributed by atoms with Crippen LogP contribution >= 0.6 is 11.6 Å². The number of benzene rings is 2. The summed E-state index contributed by atoms with van der Waals surface area (Å²) < 4.78 is 0. The Labute approximate surface area is 136 Å². The summed E-state index contributed by atoms with van der Waals surface area (Å²) in [6, 6.07) is 8.68. The van der Waals surface area contributed by atoms with Crippen LogP contribution in [0, 0.1) is 6.92 Å². The van der Waals surface area contributed by atoms with Crippen molar-refractivity contribution in [3.63, 3.8) is 0 Å². The number of carbonyl (C=O) groups excluding carboxylic acids is 2. The Balaban J connectivity index is 2.16. The lowest BCUT2D eigenvalue weighted by Crippen LogP contribution is -2.23. The van der Waals surface area contributed by atoms with Crippen LogP contribution < -0.4 is 0 Å². The molecule has 0 amide bonds. The number of fused-ring (bicyclic) bond motifs is 3. The molecule has 1 aromatic heterocycles. The van der Waals surface area contributed by atoms with Crippen LogP contribution in [0.2, 0.25) is 5.15 Å². The maximum Gasteiger partial charge on any atom is 0.198 e. The third-order valence-corrected chi connectivity index (χ3v) is 4.46. The highest BCUT2D eigenvalue weighted by Gasteiger charge is 2.36. The molecule has 1 N–H and O–H groups in total. The molecule has 0 fully saturated rings. The molecule has 4 rings (SSSR count).